The van der Waals surface area contributed by atoms with Crippen molar-refractivity contribution in [3.8, 4) is 11.5 Å². The largest absolute Gasteiger partial charge is 0.493 e. The van der Waals surface area contributed by atoms with Gasteiger partial charge in [-0.2, -0.15) is 8.42 Å². The van der Waals surface area contributed by atoms with E-state index in [0.29, 0.717) is 21.3 Å². The minimum absolute atomic E-state index is 0.0464. The van der Waals surface area contributed by atoms with Crippen LogP contribution in [0, 0.1) is 6.92 Å². The van der Waals surface area contributed by atoms with Crippen molar-refractivity contribution in [2.24, 2.45) is 0 Å². The molecule has 0 unspecified atom stereocenters. The standard InChI is InChI=1S/C21H19NO5S3/c1-4-11-22-20(23)19(29-21(22)28)13-15-7-10-17(18(12-15)26-3)27-30(24,25)16-8-5-14(2)6-9-16/h4-10,12-13H,1,11H2,2-3H3/b19-13+. The molecule has 0 aromatic heterocycles. The predicted octanol–water partition coefficient (Wildman–Crippen LogP) is 4.16. The first kappa shape index (κ1) is 22.1. The zero-order valence-corrected chi connectivity index (χ0v) is 18.8. The molecular formula is C21H19NO5S3. The van der Waals surface area contributed by atoms with Gasteiger partial charge in [0.25, 0.3) is 5.91 Å². The van der Waals surface area contributed by atoms with Crippen molar-refractivity contribution in [3.05, 3.63) is 71.2 Å². The molecule has 156 valence electrons. The second kappa shape index (κ2) is 9.03. The van der Waals surface area contributed by atoms with Gasteiger partial charge in [-0.3, -0.25) is 9.69 Å². The second-order valence-electron chi connectivity index (χ2n) is 6.34. The third-order valence-corrected chi connectivity index (χ3v) is 6.81. The zero-order valence-electron chi connectivity index (χ0n) is 16.3. The van der Waals surface area contributed by atoms with E-state index in [-0.39, 0.29) is 22.3 Å². The van der Waals surface area contributed by atoms with Crippen LogP contribution < -0.4 is 8.92 Å². The molecule has 9 heteroatoms. The SMILES string of the molecule is C=CCN1C(=O)/C(=C\c2ccc(OS(=O)(=O)c3ccc(C)cc3)c(OC)c2)SC1=S. The van der Waals surface area contributed by atoms with Crippen LogP contribution in [-0.2, 0) is 14.9 Å². The molecule has 0 bridgehead atoms. The van der Waals surface area contributed by atoms with Crippen LogP contribution in [-0.4, -0.2) is 37.2 Å². The highest BCUT2D eigenvalue weighted by molar-refractivity contribution is 8.26. The van der Waals surface area contributed by atoms with Gasteiger partial charge in [-0.15, -0.1) is 6.58 Å². The lowest BCUT2D eigenvalue weighted by molar-refractivity contribution is -0.121. The van der Waals surface area contributed by atoms with Crippen LogP contribution in [0.5, 0.6) is 11.5 Å². The molecule has 0 aliphatic carbocycles. The topological polar surface area (TPSA) is 72.9 Å². The number of thiocarbonyl (C=S) groups is 1. The summed E-state index contributed by atoms with van der Waals surface area (Å²) in [6, 6.07) is 11.1. The minimum atomic E-state index is -4.01. The summed E-state index contributed by atoms with van der Waals surface area (Å²) < 4.78 is 36.1. The molecule has 2 aromatic rings. The van der Waals surface area contributed by atoms with Crippen LogP contribution in [0.2, 0.25) is 0 Å². The molecule has 0 radical (unpaired) electrons. The fraction of sp³-hybridized carbons (Fsp3) is 0.143. The van der Waals surface area contributed by atoms with Crippen LogP contribution in [0.4, 0.5) is 0 Å². The summed E-state index contributed by atoms with van der Waals surface area (Å²) >= 11 is 6.42. The molecule has 1 aliphatic heterocycles. The summed E-state index contributed by atoms with van der Waals surface area (Å²) in [4.78, 5) is 14.4. The Morgan fingerprint density at radius 2 is 1.87 bits per heavy atom. The van der Waals surface area contributed by atoms with Gasteiger partial charge in [0.1, 0.15) is 9.22 Å². The maximum Gasteiger partial charge on any atom is 0.339 e. The van der Waals surface area contributed by atoms with Crippen molar-refractivity contribution >= 4 is 50.4 Å². The number of methoxy groups -OCH3 is 1. The Labute approximate surface area is 185 Å². The van der Waals surface area contributed by atoms with E-state index in [1.54, 1.807) is 36.4 Å². The molecule has 0 spiro atoms. The molecule has 6 nitrogen and oxygen atoms in total. The highest BCUT2D eigenvalue weighted by atomic mass is 32.2. The molecule has 30 heavy (non-hydrogen) atoms. The highest BCUT2D eigenvalue weighted by Crippen LogP contribution is 2.35. The Morgan fingerprint density at radius 1 is 1.17 bits per heavy atom. The van der Waals surface area contributed by atoms with Crippen molar-refractivity contribution in [2.45, 2.75) is 11.8 Å². The van der Waals surface area contributed by atoms with Gasteiger partial charge >= 0.3 is 10.1 Å². The zero-order chi connectivity index (χ0) is 21.9. The van der Waals surface area contributed by atoms with Crippen molar-refractivity contribution in [2.75, 3.05) is 13.7 Å². The van der Waals surface area contributed by atoms with Gasteiger partial charge in [-0.1, -0.05) is 53.8 Å². The van der Waals surface area contributed by atoms with Gasteiger partial charge in [0.2, 0.25) is 0 Å². The third kappa shape index (κ3) is 4.75. The molecular weight excluding hydrogens is 442 g/mol. The molecule has 0 atom stereocenters. The van der Waals surface area contributed by atoms with Crippen molar-refractivity contribution < 1.29 is 22.1 Å². The lowest BCUT2D eigenvalue weighted by atomic mass is 10.2. The minimum Gasteiger partial charge on any atom is -0.493 e. The van der Waals surface area contributed by atoms with Crippen LogP contribution in [0.1, 0.15) is 11.1 Å². The average molecular weight is 462 g/mol. The first-order chi connectivity index (χ1) is 14.2. The number of hydrogen-bond acceptors (Lipinski definition) is 7. The number of benzene rings is 2. The van der Waals surface area contributed by atoms with Crippen molar-refractivity contribution in [3.63, 3.8) is 0 Å². The quantitative estimate of drug-likeness (QED) is 0.265. The van der Waals surface area contributed by atoms with Crippen molar-refractivity contribution in [1.29, 1.82) is 0 Å². The summed E-state index contributed by atoms with van der Waals surface area (Å²) in [6.07, 6.45) is 3.28. The van der Waals surface area contributed by atoms with E-state index in [1.165, 1.54) is 42.0 Å². The van der Waals surface area contributed by atoms with Crippen LogP contribution in [0.25, 0.3) is 6.08 Å². The molecule has 1 aliphatic rings. The summed E-state index contributed by atoms with van der Waals surface area (Å²) in [5.41, 5.74) is 1.58. The Morgan fingerprint density at radius 3 is 2.50 bits per heavy atom. The van der Waals surface area contributed by atoms with Gasteiger partial charge in [0, 0.05) is 6.54 Å². The Hall–Kier alpha value is -2.62. The Kier molecular flexibility index (Phi) is 6.64. The number of aryl methyl sites for hydroxylation is 1. The highest BCUT2D eigenvalue weighted by Gasteiger charge is 2.31. The number of thioether (sulfide) groups is 1. The summed E-state index contributed by atoms with van der Waals surface area (Å²) in [7, 11) is -2.60. The molecule has 1 saturated heterocycles. The summed E-state index contributed by atoms with van der Waals surface area (Å²) in [6.45, 7) is 5.84. The van der Waals surface area contributed by atoms with Gasteiger partial charge in [0.15, 0.2) is 11.5 Å². The summed E-state index contributed by atoms with van der Waals surface area (Å²) in [5, 5.41) is 0. The van der Waals surface area contributed by atoms with Crippen molar-refractivity contribution in [1.82, 2.24) is 4.90 Å². The number of hydrogen-bond donors (Lipinski definition) is 0. The molecule has 2 aromatic carbocycles. The molecule has 0 N–H and O–H groups in total. The fourth-order valence-electron chi connectivity index (χ4n) is 2.65. The molecule has 3 rings (SSSR count). The predicted molar refractivity (Wildman–Crippen MR) is 122 cm³/mol. The average Bonchev–Trinajstić information content (AvgIpc) is 2.97. The number of nitrogens with zero attached hydrogens (tertiary/aromatic N) is 1. The van der Waals surface area contributed by atoms with E-state index in [4.69, 9.17) is 21.1 Å². The molecule has 0 saturated carbocycles. The van der Waals surface area contributed by atoms with Crippen LogP contribution in [0.3, 0.4) is 0 Å². The number of rotatable bonds is 7. The first-order valence-electron chi connectivity index (χ1n) is 8.80. The lowest BCUT2D eigenvalue weighted by Crippen LogP contribution is -2.27. The van der Waals surface area contributed by atoms with Crippen LogP contribution in [0.15, 0.2) is 64.9 Å². The molecule has 1 amide bonds. The lowest BCUT2D eigenvalue weighted by Gasteiger charge is -2.12. The van der Waals surface area contributed by atoms with E-state index < -0.39 is 10.1 Å². The van der Waals surface area contributed by atoms with E-state index in [2.05, 4.69) is 6.58 Å². The normalized spacial score (nSPS) is 15.5. The number of carbonyl (C=O) groups is 1. The Balaban J connectivity index is 1.87. The van der Waals surface area contributed by atoms with Gasteiger partial charge in [-0.25, -0.2) is 0 Å². The van der Waals surface area contributed by atoms with E-state index >= 15 is 0 Å². The van der Waals surface area contributed by atoms with Gasteiger partial charge in [0.05, 0.1) is 12.0 Å². The van der Waals surface area contributed by atoms with E-state index in [0.717, 1.165) is 5.56 Å². The monoisotopic (exact) mass is 461 g/mol. The van der Waals surface area contributed by atoms with Gasteiger partial charge in [-0.05, 0) is 42.8 Å². The van der Waals surface area contributed by atoms with E-state index in [1.807, 2.05) is 6.92 Å². The van der Waals surface area contributed by atoms with Crippen LogP contribution >= 0.6 is 24.0 Å². The van der Waals surface area contributed by atoms with Gasteiger partial charge < -0.3 is 8.92 Å². The Bertz CT molecular complexity index is 1140. The fourth-order valence-corrected chi connectivity index (χ4v) is 4.87. The smallest absolute Gasteiger partial charge is 0.339 e. The number of amides is 1. The maximum absolute atomic E-state index is 12.6. The maximum atomic E-state index is 12.6. The summed E-state index contributed by atoms with van der Waals surface area (Å²) in [5.74, 6) is 0.0709. The molecule has 1 heterocycles. The van der Waals surface area contributed by atoms with E-state index in [9.17, 15) is 13.2 Å². The number of carbonyl (C=O) groups excluding carboxylic acids is 1. The third-order valence-electron chi connectivity index (χ3n) is 4.18. The second-order valence-corrected chi connectivity index (χ2v) is 9.56. The first-order valence-corrected chi connectivity index (χ1v) is 11.4. The molecule has 1 fully saturated rings. The number of ether oxygens (including phenoxy) is 1.